The standard InChI is InChI=1S/C33H29Cl2F3N4O5/c34-25-15-24(16-26(35)17-25)28-18-29(42(40-28)19-20-1-3-22(4-2-20)31(45)39-12-9-30(43)44)21-10-13-41(14-11-21)32(46)23-5-7-27(8-6-23)47-33(36,37)38/h1-8,15-18,21H,9-14,19H2,(H,39,45)(H,43,44). The molecule has 0 bridgehead atoms. The summed E-state index contributed by atoms with van der Waals surface area (Å²) in [5, 5.41) is 17.2. The van der Waals surface area contributed by atoms with Crippen LogP contribution >= 0.6 is 23.2 Å². The molecule has 3 aromatic carbocycles. The molecule has 0 atom stereocenters. The molecule has 5 rings (SSSR count). The lowest BCUT2D eigenvalue weighted by Gasteiger charge is -2.32. The minimum absolute atomic E-state index is 0.0243. The van der Waals surface area contributed by atoms with E-state index in [1.807, 2.05) is 10.7 Å². The van der Waals surface area contributed by atoms with E-state index in [4.69, 9.17) is 33.4 Å². The number of aliphatic carboxylic acids is 1. The van der Waals surface area contributed by atoms with Crippen LogP contribution in [0, 0.1) is 0 Å². The fourth-order valence-corrected chi connectivity index (χ4v) is 5.93. The van der Waals surface area contributed by atoms with Crippen LogP contribution in [0.2, 0.25) is 10.0 Å². The first-order valence-electron chi connectivity index (χ1n) is 14.6. The van der Waals surface area contributed by atoms with Crippen LogP contribution in [-0.2, 0) is 11.3 Å². The number of amides is 2. The number of nitrogens with one attached hydrogen (secondary N) is 1. The highest BCUT2D eigenvalue weighted by Crippen LogP contribution is 2.34. The molecule has 2 amide bonds. The first kappa shape index (κ1) is 33.8. The van der Waals surface area contributed by atoms with Gasteiger partial charge < -0.3 is 20.1 Å². The fourth-order valence-electron chi connectivity index (χ4n) is 5.41. The molecule has 1 aromatic heterocycles. The molecule has 246 valence electrons. The largest absolute Gasteiger partial charge is 0.573 e. The van der Waals surface area contributed by atoms with Crippen LogP contribution in [0.3, 0.4) is 0 Å². The zero-order valence-electron chi connectivity index (χ0n) is 24.8. The van der Waals surface area contributed by atoms with Gasteiger partial charge in [-0.2, -0.15) is 5.10 Å². The molecule has 9 nitrogen and oxygen atoms in total. The second-order valence-electron chi connectivity index (χ2n) is 11.0. The predicted octanol–water partition coefficient (Wildman–Crippen LogP) is 7.03. The Kier molecular flexibility index (Phi) is 10.4. The number of carboxylic acids is 1. The van der Waals surface area contributed by atoms with Gasteiger partial charge in [0.05, 0.1) is 18.7 Å². The Balaban J connectivity index is 1.31. The van der Waals surface area contributed by atoms with Crippen LogP contribution < -0.4 is 10.1 Å². The number of carbonyl (C=O) groups excluding carboxylic acids is 2. The molecule has 2 N–H and O–H groups in total. The van der Waals surface area contributed by atoms with E-state index in [0.717, 1.165) is 29.0 Å². The van der Waals surface area contributed by atoms with Crippen molar-refractivity contribution in [3.05, 3.63) is 105 Å². The Labute approximate surface area is 277 Å². The number of nitrogens with zero attached hydrogens (tertiary/aromatic N) is 3. The summed E-state index contributed by atoms with van der Waals surface area (Å²) in [5.41, 5.74) is 3.88. The molecule has 0 spiro atoms. The van der Waals surface area contributed by atoms with E-state index in [1.54, 1.807) is 47.4 Å². The van der Waals surface area contributed by atoms with E-state index in [-0.39, 0.29) is 36.3 Å². The molecule has 0 unspecified atom stereocenters. The van der Waals surface area contributed by atoms with Crippen molar-refractivity contribution in [1.29, 1.82) is 0 Å². The molecule has 4 aromatic rings. The summed E-state index contributed by atoms with van der Waals surface area (Å²) < 4.78 is 43.3. The van der Waals surface area contributed by atoms with E-state index >= 15 is 0 Å². The minimum atomic E-state index is -4.82. The molecule has 1 aliphatic heterocycles. The maximum absolute atomic E-state index is 13.1. The number of carbonyl (C=O) groups is 3. The number of carboxylic acid groups (broad SMARTS) is 1. The fraction of sp³-hybridized carbons (Fsp3) is 0.273. The number of halogens is 5. The van der Waals surface area contributed by atoms with E-state index in [1.165, 1.54) is 12.1 Å². The minimum Gasteiger partial charge on any atom is -0.481 e. The zero-order chi connectivity index (χ0) is 33.7. The van der Waals surface area contributed by atoms with Crippen molar-refractivity contribution in [2.24, 2.45) is 0 Å². The lowest BCUT2D eigenvalue weighted by Crippen LogP contribution is -2.38. The number of benzene rings is 3. The molecule has 0 aliphatic carbocycles. The predicted molar refractivity (Wildman–Crippen MR) is 169 cm³/mol. The highest BCUT2D eigenvalue weighted by atomic mass is 35.5. The van der Waals surface area contributed by atoms with Gasteiger partial charge in [-0.25, -0.2) is 0 Å². The first-order valence-corrected chi connectivity index (χ1v) is 15.4. The number of alkyl halides is 3. The van der Waals surface area contributed by atoms with Gasteiger partial charge >= 0.3 is 12.3 Å². The Morgan fingerprint density at radius 3 is 2.13 bits per heavy atom. The van der Waals surface area contributed by atoms with Crippen molar-refractivity contribution < 1.29 is 37.4 Å². The number of likely N-dealkylation sites (tertiary alicyclic amines) is 1. The van der Waals surface area contributed by atoms with Crippen LogP contribution in [0.5, 0.6) is 5.75 Å². The van der Waals surface area contributed by atoms with E-state index in [0.29, 0.717) is 53.8 Å². The summed E-state index contributed by atoms with van der Waals surface area (Å²) in [7, 11) is 0. The topological polar surface area (TPSA) is 114 Å². The van der Waals surface area contributed by atoms with Gasteiger partial charge in [-0.15, -0.1) is 13.2 Å². The quantitative estimate of drug-likeness (QED) is 0.185. The normalized spacial score (nSPS) is 13.8. The van der Waals surface area contributed by atoms with E-state index in [2.05, 4.69) is 10.1 Å². The third-order valence-corrected chi connectivity index (χ3v) is 8.11. The Hall–Kier alpha value is -4.55. The SMILES string of the molecule is O=C(O)CCNC(=O)c1ccc(Cn2nc(-c3cc(Cl)cc(Cl)c3)cc2C2CCN(C(=O)c3ccc(OC(F)(F)F)cc3)CC2)cc1. The van der Waals surface area contributed by atoms with Crippen molar-refractivity contribution in [3.63, 3.8) is 0 Å². The third kappa shape index (κ3) is 9.05. The molecule has 1 saturated heterocycles. The van der Waals surface area contributed by atoms with Gasteiger partial charge in [0.15, 0.2) is 0 Å². The molecule has 1 fully saturated rings. The van der Waals surface area contributed by atoms with Crippen LogP contribution in [0.1, 0.15) is 57.2 Å². The molecule has 0 saturated carbocycles. The second-order valence-corrected chi connectivity index (χ2v) is 11.9. The van der Waals surface area contributed by atoms with Crippen LogP contribution in [-0.4, -0.2) is 63.6 Å². The molecular formula is C33H29Cl2F3N4O5. The highest BCUT2D eigenvalue weighted by Gasteiger charge is 2.31. The highest BCUT2D eigenvalue weighted by molar-refractivity contribution is 6.35. The summed E-state index contributed by atoms with van der Waals surface area (Å²) in [5.74, 6) is -2.01. The van der Waals surface area contributed by atoms with Gasteiger partial charge in [0.25, 0.3) is 11.8 Å². The van der Waals surface area contributed by atoms with Crippen molar-refractivity contribution in [3.8, 4) is 17.0 Å². The Bertz CT molecular complexity index is 1730. The Morgan fingerprint density at radius 2 is 1.53 bits per heavy atom. The van der Waals surface area contributed by atoms with Crippen molar-refractivity contribution in [2.75, 3.05) is 19.6 Å². The van der Waals surface area contributed by atoms with E-state index in [9.17, 15) is 27.6 Å². The molecular weight excluding hydrogens is 660 g/mol. The number of hydrogen-bond acceptors (Lipinski definition) is 5. The van der Waals surface area contributed by atoms with Crippen molar-refractivity contribution in [2.45, 2.75) is 38.1 Å². The monoisotopic (exact) mass is 688 g/mol. The number of hydrogen-bond donors (Lipinski definition) is 2. The average Bonchev–Trinajstić information content (AvgIpc) is 3.44. The first-order chi connectivity index (χ1) is 22.3. The summed E-state index contributed by atoms with van der Waals surface area (Å²) in [6.07, 6.45) is -3.74. The summed E-state index contributed by atoms with van der Waals surface area (Å²) in [6, 6.07) is 19.0. The summed E-state index contributed by atoms with van der Waals surface area (Å²) in [6.45, 7) is 1.27. The maximum atomic E-state index is 13.1. The van der Waals surface area contributed by atoms with E-state index < -0.39 is 18.1 Å². The Morgan fingerprint density at radius 1 is 0.915 bits per heavy atom. The van der Waals surface area contributed by atoms with Gasteiger partial charge in [-0.05, 0) is 79.1 Å². The molecule has 0 radical (unpaired) electrons. The smallest absolute Gasteiger partial charge is 0.481 e. The number of rotatable bonds is 10. The van der Waals surface area contributed by atoms with Gasteiger partial charge in [-0.3, -0.25) is 19.1 Å². The number of aromatic nitrogens is 2. The number of piperidine rings is 1. The zero-order valence-corrected chi connectivity index (χ0v) is 26.3. The molecule has 47 heavy (non-hydrogen) atoms. The van der Waals surface area contributed by atoms with Crippen LogP contribution in [0.4, 0.5) is 13.2 Å². The van der Waals surface area contributed by atoms with Crippen LogP contribution in [0.25, 0.3) is 11.3 Å². The van der Waals surface area contributed by atoms with Gasteiger partial charge in [0, 0.05) is 58.0 Å². The molecule has 14 heteroatoms. The lowest BCUT2D eigenvalue weighted by molar-refractivity contribution is -0.274. The average molecular weight is 690 g/mol. The van der Waals surface area contributed by atoms with Crippen LogP contribution in [0.15, 0.2) is 72.8 Å². The van der Waals surface area contributed by atoms with Crippen molar-refractivity contribution >= 4 is 41.0 Å². The number of ether oxygens (including phenoxy) is 1. The van der Waals surface area contributed by atoms with Gasteiger partial charge in [0.2, 0.25) is 0 Å². The second kappa shape index (κ2) is 14.5. The van der Waals surface area contributed by atoms with Gasteiger partial charge in [0.1, 0.15) is 5.75 Å². The molecule has 2 heterocycles. The summed E-state index contributed by atoms with van der Waals surface area (Å²) in [4.78, 5) is 37.9. The van der Waals surface area contributed by atoms with Gasteiger partial charge in [-0.1, -0.05) is 35.3 Å². The molecule has 1 aliphatic rings. The summed E-state index contributed by atoms with van der Waals surface area (Å²) >= 11 is 12.5. The van der Waals surface area contributed by atoms with Crippen molar-refractivity contribution in [1.82, 2.24) is 20.0 Å². The lowest BCUT2D eigenvalue weighted by atomic mass is 9.92. The maximum Gasteiger partial charge on any atom is 0.573 e. The third-order valence-electron chi connectivity index (χ3n) is 7.68.